The van der Waals surface area contributed by atoms with Crippen LogP contribution in [0.2, 0.25) is 0 Å². The average molecular weight is 333 g/mol. The van der Waals surface area contributed by atoms with Crippen molar-refractivity contribution in [3.63, 3.8) is 0 Å². The summed E-state index contributed by atoms with van der Waals surface area (Å²) >= 11 is 3.51. The van der Waals surface area contributed by atoms with E-state index in [0.29, 0.717) is 30.5 Å². The first kappa shape index (κ1) is 14.4. The van der Waals surface area contributed by atoms with Crippen LogP contribution in [0.1, 0.15) is 18.3 Å². The predicted molar refractivity (Wildman–Crippen MR) is 73.1 cm³/mol. The van der Waals surface area contributed by atoms with Gasteiger partial charge in [0.25, 0.3) is 0 Å². The molecule has 1 heterocycles. The Balaban J connectivity index is 2.48. The largest absolute Gasteiger partial charge is 0.493 e. The molecule has 0 bridgehead atoms. The summed E-state index contributed by atoms with van der Waals surface area (Å²) in [6, 6.07) is 1.83. The molecule has 0 amide bonds. The highest BCUT2D eigenvalue weighted by atomic mass is 79.9. The van der Waals surface area contributed by atoms with Gasteiger partial charge in [0.15, 0.2) is 17.8 Å². The van der Waals surface area contributed by atoms with Gasteiger partial charge in [0.05, 0.1) is 39.0 Å². The van der Waals surface area contributed by atoms with Crippen molar-refractivity contribution in [3.8, 4) is 17.2 Å². The maximum atomic E-state index is 5.61. The van der Waals surface area contributed by atoms with Crippen LogP contribution in [0.4, 0.5) is 0 Å². The maximum absolute atomic E-state index is 5.61. The van der Waals surface area contributed by atoms with E-state index in [2.05, 4.69) is 15.9 Å². The zero-order chi connectivity index (χ0) is 13.8. The van der Waals surface area contributed by atoms with Gasteiger partial charge in [-0.2, -0.15) is 0 Å². The van der Waals surface area contributed by atoms with Gasteiger partial charge in [0.1, 0.15) is 0 Å². The summed E-state index contributed by atoms with van der Waals surface area (Å²) < 4.78 is 28.0. The highest BCUT2D eigenvalue weighted by molar-refractivity contribution is 9.10. The molecule has 0 saturated carbocycles. The van der Waals surface area contributed by atoms with Gasteiger partial charge >= 0.3 is 0 Å². The zero-order valence-corrected chi connectivity index (χ0v) is 12.8. The van der Waals surface area contributed by atoms with Crippen LogP contribution < -0.4 is 14.2 Å². The molecule has 1 fully saturated rings. The number of rotatable bonds is 4. The predicted octanol–water partition coefficient (Wildman–Crippen LogP) is 2.91. The van der Waals surface area contributed by atoms with Crippen molar-refractivity contribution in [3.05, 3.63) is 16.1 Å². The first-order valence-electron chi connectivity index (χ1n) is 5.94. The quantitative estimate of drug-likeness (QED) is 0.848. The second-order valence-corrected chi connectivity index (χ2v) is 4.77. The Morgan fingerprint density at radius 1 is 1.05 bits per heavy atom. The van der Waals surface area contributed by atoms with E-state index in [9.17, 15) is 0 Å². The van der Waals surface area contributed by atoms with Gasteiger partial charge in [-0.1, -0.05) is 0 Å². The van der Waals surface area contributed by atoms with E-state index in [1.165, 1.54) is 0 Å². The van der Waals surface area contributed by atoms with Gasteiger partial charge in [0.2, 0.25) is 5.75 Å². The van der Waals surface area contributed by atoms with Gasteiger partial charge in [-0.15, -0.1) is 0 Å². The van der Waals surface area contributed by atoms with E-state index in [-0.39, 0.29) is 0 Å². The fourth-order valence-electron chi connectivity index (χ4n) is 1.98. The lowest BCUT2D eigenvalue weighted by Crippen LogP contribution is -2.18. The third-order valence-electron chi connectivity index (χ3n) is 2.88. The molecule has 0 aliphatic carbocycles. The van der Waals surface area contributed by atoms with Gasteiger partial charge < -0.3 is 23.7 Å². The van der Waals surface area contributed by atoms with Crippen molar-refractivity contribution in [1.29, 1.82) is 0 Å². The molecule has 0 unspecified atom stereocenters. The SMILES string of the molecule is COc1cc(C2OCCCO2)c(Br)c(OC)c1OC. The monoisotopic (exact) mass is 332 g/mol. The van der Waals surface area contributed by atoms with Crippen molar-refractivity contribution in [2.75, 3.05) is 34.5 Å². The molecule has 106 valence electrons. The highest BCUT2D eigenvalue weighted by Gasteiger charge is 2.26. The molecule has 1 saturated heterocycles. The third kappa shape index (κ3) is 2.80. The van der Waals surface area contributed by atoms with Gasteiger partial charge in [-0.05, 0) is 28.4 Å². The minimum atomic E-state index is -0.420. The third-order valence-corrected chi connectivity index (χ3v) is 3.70. The number of halogens is 1. The van der Waals surface area contributed by atoms with Crippen molar-refractivity contribution in [2.24, 2.45) is 0 Å². The lowest BCUT2D eigenvalue weighted by atomic mass is 10.1. The van der Waals surface area contributed by atoms with E-state index in [4.69, 9.17) is 23.7 Å². The van der Waals surface area contributed by atoms with Crippen molar-refractivity contribution in [2.45, 2.75) is 12.7 Å². The molecule has 2 rings (SSSR count). The summed E-state index contributed by atoms with van der Waals surface area (Å²) in [6.07, 6.45) is 0.482. The van der Waals surface area contributed by atoms with Gasteiger partial charge in [0, 0.05) is 5.56 Å². The summed E-state index contributed by atoms with van der Waals surface area (Å²) in [7, 11) is 4.73. The molecular formula is C13H17BrO5. The minimum Gasteiger partial charge on any atom is -0.493 e. The molecule has 1 aliphatic rings. The smallest absolute Gasteiger partial charge is 0.204 e. The van der Waals surface area contributed by atoms with Crippen LogP contribution in [0.3, 0.4) is 0 Å². The van der Waals surface area contributed by atoms with Crippen LogP contribution in [0.5, 0.6) is 17.2 Å². The average Bonchev–Trinajstić information content (AvgIpc) is 2.47. The fourth-order valence-corrected chi connectivity index (χ4v) is 2.62. The number of benzene rings is 1. The Morgan fingerprint density at radius 2 is 1.68 bits per heavy atom. The molecule has 0 atom stereocenters. The Morgan fingerprint density at radius 3 is 2.21 bits per heavy atom. The Kier molecular flexibility index (Phi) is 4.90. The summed E-state index contributed by atoms with van der Waals surface area (Å²) in [5.74, 6) is 1.68. The van der Waals surface area contributed by atoms with Gasteiger partial charge in [-0.25, -0.2) is 0 Å². The van der Waals surface area contributed by atoms with E-state index < -0.39 is 6.29 Å². The second-order valence-electron chi connectivity index (χ2n) is 3.98. The molecular weight excluding hydrogens is 316 g/mol. The Bertz CT molecular complexity index is 443. The molecule has 0 spiro atoms. The number of hydrogen-bond acceptors (Lipinski definition) is 5. The topological polar surface area (TPSA) is 46.2 Å². The lowest BCUT2D eigenvalue weighted by molar-refractivity contribution is -0.183. The van der Waals surface area contributed by atoms with Gasteiger partial charge in [-0.3, -0.25) is 0 Å². The van der Waals surface area contributed by atoms with Crippen LogP contribution in [-0.2, 0) is 9.47 Å². The minimum absolute atomic E-state index is 0.420. The van der Waals surface area contributed by atoms with E-state index in [1.807, 2.05) is 6.07 Å². The van der Waals surface area contributed by atoms with Crippen molar-refractivity contribution >= 4 is 15.9 Å². The molecule has 0 aromatic heterocycles. The number of ether oxygens (including phenoxy) is 5. The number of hydrogen-bond donors (Lipinski definition) is 0. The van der Waals surface area contributed by atoms with Crippen LogP contribution in [0, 0.1) is 0 Å². The Labute approximate surface area is 120 Å². The fraction of sp³-hybridized carbons (Fsp3) is 0.538. The van der Waals surface area contributed by atoms with Crippen LogP contribution in [0.25, 0.3) is 0 Å². The van der Waals surface area contributed by atoms with E-state index in [0.717, 1.165) is 16.5 Å². The van der Waals surface area contributed by atoms with Crippen molar-refractivity contribution < 1.29 is 23.7 Å². The summed E-state index contributed by atoms with van der Waals surface area (Å²) in [5, 5.41) is 0. The molecule has 6 heteroatoms. The standard InChI is InChI=1S/C13H17BrO5/c1-15-9-7-8(13-18-5-4-6-19-13)10(14)12(17-3)11(9)16-2/h7,13H,4-6H2,1-3H3. The molecule has 5 nitrogen and oxygen atoms in total. The van der Waals surface area contributed by atoms with Crippen LogP contribution >= 0.6 is 15.9 Å². The second kappa shape index (κ2) is 6.45. The highest BCUT2D eigenvalue weighted by Crippen LogP contribution is 2.47. The molecule has 1 aromatic carbocycles. The van der Waals surface area contributed by atoms with Crippen molar-refractivity contribution in [1.82, 2.24) is 0 Å². The van der Waals surface area contributed by atoms with E-state index in [1.54, 1.807) is 21.3 Å². The first-order chi connectivity index (χ1) is 9.22. The Hall–Kier alpha value is -0.980. The van der Waals surface area contributed by atoms with E-state index >= 15 is 0 Å². The molecule has 1 aliphatic heterocycles. The summed E-state index contributed by atoms with van der Waals surface area (Å²) in [4.78, 5) is 0. The number of methoxy groups -OCH3 is 3. The maximum Gasteiger partial charge on any atom is 0.204 e. The first-order valence-corrected chi connectivity index (χ1v) is 6.73. The summed E-state index contributed by atoms with van der Waals surface area (Å²) in [6.45, 7) is 1.35. The van der Waals surface area contributed by atoms with Crippen LogP contribution in [0.15, 0.2) is 10.5 Å². The zero-order valence-electron chi connectivity index (χ0n) is 11.2. The molecule has 1 aromatic rings. The normalized spacial score (nSPS) is 16.2. The van der Waals surface area contributed by atoms with Crippen LogP contribution in [-0.4, -0.2) is 34.5 Å². The summed E-state index contributed by atoms with van der Waals surface area (Å²) in [5.41, 5.74) is 0.828. The molecule has 0 radical (unpaired) electrons. The molecule has 19 heavy (non-hydrogen) atoms. The molecule has 0 N–H and O–H groups in total. The lowest BCUT2D eigenvalue weighted by Gasteiger charge is -2.26.